The lowest BCUT2D eigenvalue weighted by Gasteiger charge is -2.38. The Morgan fingerprint density at radius 2 is 2.04 bits per heavy atom. The lowest BCUT2D eigenvalue weighted by atomic mass is 9.68. The molecule has 1 amide bonds. The van der Waals surface area contributed by atoms with Crippen LogP contribution in [0.1, 0.15) is 58.4 Å². The Bertz CT molecular complexity index is 599. The fourth-order valence-electron chi connectivity index (χ4n) is 4.43. The Kier molecular flexibility index (Phi) is 5.87. The van der Waals surface area contributed by atoms with Crippen LogP contribution in [0.5, 0.6) is 11.5 Å². The Morgan fingerprint density at radius 1 is 1.24 bits per heavy atom. The van der Waals surface area contributed by atoms with E-state index in [1.165, 1.54) is 25.7 Å². The first kappa shape index (κ1) is 18.1. The van der Waals surface area contributed by atoms with Gasteiger partial charge in [-0.3, -0.25) is 4.79 Å². The molecule has 0 saturated heterocycles. The van der Waals surface area contributed by atoms with Gasteiger partial charge in [0.1, 0.15) is 0 Å². The fraction of sp³-hybridized carbons (Fsp3) is 0.667. The van der Waals surface area contributed by atoms with Gasteiger partial charge in [0, 0.05) is 13.0 Å². The van der Waals surface area contributed by atoms with Crippen LogP contribution in [0.4, 0.5) is 0 Å². The van der Waals surface area contributed by atoms with Crippen LogP contribution >= 0.6 is 0 Å². The molecule has 1 saturated carbocycles. The lowest BCUT2D eigenvalue weighted by molar-refractivity contribution is -0.123. The molecule has 4 heteroatoms. The fourth-order valence-corrected chi connectivity index (χ4v) is 4.43. The van der Waals surface area contributed by atoms with Crippen LogP contribution in [-0.4, -0.2) is 12.7 Å². The van der Waals surface area contributed by atoms with Crippen molar-refractivity contribution in [3.05, 3.63) is 23.8 Å². The quantitative estimate of drug-likeness (QED) is 0.824. The second-order valence-electron chi connectivity index (χ2n) is 7.92. The minimum Gasteiger partial charge on any atom is -0.454 e. The summed E-state index contributed by atoms with van der Waals surface area (Å²) in [6, 6.07) is 5.84. The maximum atomic E-state index is 12.5. The SMILES string of the molecule is CCC1CCC(C(C)C)C(CC(=O)NCc2ccc3c(c2)OCO3)C1. The molecule has 138 valence electrons. The number of hydrogen-bond donors (Lipinski definition) is 1. The molecule has 1 heterocycles. The van der Waals surface area contributed by atoms with E-state index in [2.05, 4.69) is 26.1 Å². The lowest BCUT2D eigenvalue weighted by Crippen LogP contribution is -2.33. The van der Waals surface area contributed by atoms with Crippen molar-refractivity contribution < 1.29 is 14.3 Å². The molecule has 1 aromatic rings. The van der Waals surface area contributed by atoms with Gasteiger partial charge in [0.15, 0.2) is 11.5 Å². The van der Waals surface area contributed by atoms with Crippen LogP contribution in [0.25, 0.3) is 0 Å². The zero-order valence-electron chi connectivity index (χ0n) is 15.7. The molecule has 1 fully saturated rings. The van der Waals surface area contributed by atoms with Gasteiger partial charge < -0.3 is 14.8 Å². The van der Waals surface area contributed by atoms with Crippen LogP contribution in [0.15, 0.2) is 18.2 Å². The van der Waals surface area contributed by atoms with E-state index in [1.54, 1.807) is 0 Å². The van der Waals surface area contributed by atoms with E-state index in [4.69, 9.17) is 9.47 Å². The highest BCUT2D eigenvalue weighted by Gasteiger charge is 2.32. The van der Waals surface area contributed by atoms with E-state index >= 15 is 0 Å². The van der Waals surface area contributed by atoms with Crippen molar-refractivity contribution in [3.63, 3.8) is 0 Å². The summed E-state index contributed by atoms with van der Waals surface area (Å²) in [4.78, 5) is 12.5. The molecule has 4 nitrogen and oxygen atoms in total. The summed E-state index contributed by atoms with van der Waals surface area (Å²) in [5, 5.41) is 3.09. The first-order valence-electron chi connectivity index (χ1n) is 9.72. The highest BCUT2D eigenvalue weighted by molar-refractivity contribution is 5.76. The molecule has 2 aliphatic rings. The highest BCUT2D eigenvalue weighted by Crippen LogP contribution is 2.41. The van der Waals surface area contributed by atoms with E-state index in [9.17, 15) is 4.79 Å². The van der Waals surface area contributed by atoms with Gasteiger partial charge in [-0.15, -0.1) is 0 Å². The third-order valence-corrected chi connectivity index (χ3v) is 5.96. The van der Waals surface area contributed by atoms with Gasteiger partial charge in [-0.25, -0.2) is 0 Å². The van der Waals surface area contributed by atoms with Crippen LogP contribution in [0, 0.1) is 23.7 Å². The zero-order valence-corrected chi connectivity index (χ0v) is 15.7. The van der Waals surface area contributed by atoms with Gasteiger partial charge in [-0.1, -0.05) is 39.7 Å². The largest absolute Gasteiger partial charge is 0.454 e. The number of benzene rings is 1. The molecule has 1 N–H and O–H groups in total. The van der Waals surface area contributed by atoms with E-state index in [0.29, 0.717) is 30.7 Å². The Hall–Kier alpha value is -1.71. The number of hydrogen-bond acceptors (Lipinski definition) is 3. The minimum atomic E-state index is 0.171. The van der Waals surface area contributed by atoms with Gasteiger partial charge in [-0.2, -0.15) is 0 Å². The number of carbonyl (C=O) groups excluding carboxylic acids is 1. The molecular weight excluding hydrogens is 314 g/mol. The third kappa shape index (κ3) is 4.47. The van der Waals surface area contributed by atoms with Gasteiger partial charge >= 0.3 is 0 Å². The number of amides is 1. The molecule has 1 aromatic carbocycles. The summed E-state index contributed by atoms with van der Waals surface area (Å²) in [5.74, 6) is 4.37. The highest BCUT2D eigenvalue weighted by atomic mass is 16.7. The molecule has 0 radical (unpaired) electrons. The van der Waals surface area contributed by atoms with Crippen molar-refractivity contribution in [2.45, 2.75) is 59.4 Å². The van der Waals surface area contributed by atoms with Crippen molar-refractivity contribution in [1.82, 2.24) is 5.32 Å². The Morgan fingerprint density at radius 3 is 2.80 bits per heavy atom. The number of rotatable bonds is 6. The maximum absolute atomic E-state index is 12.5. The minimum absolute atomic E-state index is 0.171. The molecule has 0 spiro atoms. The molecule has 0 bridgehead atoms. The number of fused-ring (bicyclic) bond motifs is 1. The molecule has 0 aromatic heterocycles. The summed E-state index contributed by atoms with van der Waals surface area (Å²) in [7, 11) is 0. The molecule has 1 aliphatic carbocycles. The Labute approximate surface area is 151 Å². The molecule has 1 aliphatic heterocycles. The Balaban J connectivity index is 1.53. The van der Waals surface area contributed by atoms with E-state index in [0.717, 1.165) is 23.0 Å². The van der Waals surface area contributed by atoms with Gasteiger partial charge in [0.05, 0.1) is 0 Å². The van der Waals surface area contributed by atoms with E-state index in [1.807, 2.05) is 18.2 Å². The zero-order chi connectivity index (χ0) is 17.8. The second-order valence-corrected chi connectivity index (χ2v) is 7.92. The maximum Gasteiger partial charge on any atom is 0.231 e. The smallest absolute Gasteiger partial charge is 0.231 e. The first-order chi connectivity index (χ1) is 12.1. The van der Waals surface area contributed by atoms with Crippen LogP contribution < -0.4 is 14.8 Å². The summed E-state index contributed by atoms with van der Waals surface area (Å²) in [5.41, 5.74) is 1.05. The molecule has 3 unspecified atom stereocenters. The van der Waals surface area contributed by atoms with Gasteiger partial charge in [-0.05, 0) is 54.2 Å². The van der Waals surface area contributed by atoms with Crippen molar-refractivity contribution in [2.75, 3.05) is 6.79 Å². The molecule has 3 rings (SSSR count). The second kappa shape index (κ2) is 8.11. The van der Waals surface area contributed by atoms with Gasteiger partial charge in [0.25, 0.3) is 0 Å². The topological polar surface area (TPSA) is 47.6 Å². The first-order valence-corrected chi connectivity index (χ1v) is 9.72. The normalized spacial score (nSPS) is 25.2. The summed E-state index contributed by atoms with van der Waals surface area (Å²) >= 11 is 0. The summed E-state index contributed by atoms with van der Waals surface area (Å²) in [6.07, 6.45) is 5.70. The predicted molar refractivity (Wildman–Crippen MR) is 98.5 cm³/mol. The molecular formula is C21H31NO3. The third-order valence-electron chi connectivity index (χ3n) is 5.96. The number of ether oxygens (including phenoxy) is 2. The summed E-state index contributed by atoms with van der Waals surface area (Å²) in [6.45, 7) is 7.70. The molecule has 25 heavy (non-hydrogen) atoms. The van der Waals surface area contributed by atoms with Crippen molar-refractivity contribution in [2.24, 2.45) is 23.7 Å². The number of carbonyl (C=O) groups is 1. The van der Waals surface area contributed by atoms with E-state index in [-0.39, 0.29) is 12.7 Å². The monoisotopic (exact) mass is 345 g/mol. The van der Waals surface area contributed by atoms with E-state index < -0.39 is 0 Å². The predicted octanol–water partition coefficient (Wildman–Crippen LogP) is 4.52. The van der Waals surface area contributed by atoms with Crippen molar-refractivity contribution in [3.8, 4) is 11.5 Å². The van der Waals surface area contributed by atoms with Crippen LogP contribution in [-0.2, 0) is 11.3 Å². The average Bonchev–Trinajstić information content (AvgIpc) is 3.07. The summed E-state index contributed by atoms with van der Waals surface area (Å²) < 4.78 is 10.7. The van der Waals surface area contributed by atoms with Crippen LogP contribution in [0.2, 0.25) is 0 Å². The standard InChI is InChI=1S/C21H31NO3/c1-4-15-5-7-18(14(2)3)17(9-15)11-21(23)22-12-16-6-8-19-20(10-16)25-13-24-19/h6,8,10,14-15,17-18H,4-5,7,9,11-13H2,1-3H3,(H,22,23). The van der Waals surface area contributed by atoms with Crippen LogP contribution in [0.3, 0.4) is 0 Å². The average molecular weight is 345 g/mol. The van der Waals surface area contributed by atoms with Gasteiger partial charge in [0.2, 0.25) is 12.7 Å². The number of nitrogens with one attached hydrogen (secondary N) is 1. The van der Waals surface area contributed by atoms with Crippen molar-refractivity contribution >= 4 is 5.91 Å². The van der Waals surface area contributed by atoms with Crippen molar-refractivity contribution in [1.29, 1.82) is 0 Å². The molecule has 3 atom stereocenters.